The Morgan fingerprint density at radius 1 is 1.32 bits per heavy atom. The molecule has 0 aromatic heterocycles. The van der Waals surface area contributed by atoms with Crippen molar-refractivity contribution < 1.29 is 14.0 Å². The molecule has 0 saturated heterocycles. The molecule has 0 spiro atoms. The first kappa shape index (κ1) is 22.2. The quantitative estimate of drug-likeness (QED) is 0.696. The topological polar surface area (TPSA) is 87.8 Å². The van der Waals surface area contributed by atoms with Crippen LogP contribution in [0.4, 0.5) is 4.39 Å². The van der Waals surface area contributed by atoms with E-state index in [0.717, 1.165) is 11.1 Å². The van der Waals surface area contributed by atoms with Crippen molar-refractivity contribution in [2.45, 2.75) is 45.3 Å². The molecule has 31 heavy (non-hydrogen) atoms. The van der Waals surface area contributed by atoms with Crippen LogP contribution >= 0.6 is 0 Å². The summed E-state index contributed by atoms with van der Waals surface area (Å²) in [6.45, 7) is 9.22. The van der Waals surface area contributed by atoms with Gasteiger partial charge in [-0.1, -0.05) is 42.5 Å². The van der Waals surface area contributed by atoms with Crippen LogP contribution in [0.2, 0.25) is 0 Å². The Balaban J connectivity index is 1.79. The Bertz CT molecular complexity index is 1050. The highest BCUT2D eigenvalue weighted by Gasteiger charge is 2.37. The minimum atomic E-state index is -0.772. The average Bonchev–Trinajstić information content (AvgIpc) is 2.72. The molecule has 2 amide bonds. The lowest BCUT2D eigenvalue weighted by molar-refractivity contribution is -0.129. The van der Waals surface area contributed by atoms with Gasteiger partial charge in [0.25, 0.3) is 5.91 Å². The minimum absolute atomic E-state index is 0.00806. The van der Waals surface area contributed by atoms with Gasteiger partial charge >= 0.3 is 0 Å². The zero-order valence-electron chi connectivity index (χ0n) is 18.0. The Kier molecular flexibility index (Phi) is 6.24. The van der Waals surface area contributed by atoms with Gasteiger partial charge in [-0.15, -0.1) is 0 Å². The van der Waals surface area contributed by atoms with Crippen LogP contribution in [-0.2, 0) is 11.3 Å². The summed E-state index contributed by atoms with van der Waals surface area (Å²) in [6, 6.07) is 13.4. The van der Waals surface area contributed by atoms with Gasteiger partial charge < -0.3 is 11.1 Å². The molecule has 1 heterocycles. The summed E-state index contributed by atoms with van der Waals surface area (Å²) in [5.41, 5.74) is 7.41. The molecule has 1 aliphatic rings. The Morgan fingerprint density at radius 2 is 2.00 bits per heavy atom. The second-order valence-corrected chi connectivity index (χ2v) is 8.09. The zero-order chi connectivity index (χ0) is 22.8. The third-order valence-electron chi connectivity index (χ3n) is 5.64. The molecule has 162 valence electrons. The fourth-order valence-corrected chi connectivity index (χ4v) is 3.40. The molecule has 2 unspecified atom stereocenters. The molecule has 0 bridgehead atoms. The van der Waals surface area contributed by atoms with E-state index in [0.29, 0.717) is 5.56 Å². The van der Waals surface area contributed by atoms with Crippen LogP contribution in [0.3, 0.4) is 0 Å². The number of hydrogen-bond acceptors (Lipinski definition) is 4. The lowest BCUT2D eigenvalue weighted by Crippen LogP contribution is -2.50. The highest BCUT2D eigenvalue weighted by atomic mass is 19.1. The molecule has 1 aliphatic heterocycles. The molecule has 2 aromatic carbocycles. The van der Waals surface area contributed by atoms with Gasteiger partial charge in [-0.25, -0.2) is 9.38 Å². The summed E-state index contributed by atoms with van der Waals surface area (Å²) in [5, 5.41) is 2.90. The molecule has 2 atom stereocenters. The summed E-state index contributed by atoms with van der Waals surface area (Å²) < 4.78 is 14.5. The number of rotatable bonds is 6. The molecular formula is C24H27FN4O2. The first-order chi connectivity index (χ1) is 14.6. The van der Waals surface area contributed by atoms with Gasteiger partial charge in [0.1, 0.15) is 5.82 Å². The Morgan fingerprint density at radius 3 is 2.61 bits per heavy atom. The van der Waals surface area contributed by atoms with Crippen LogP contribution in [-0.4, -0.2) is 28.2 Å². The first-order valence-corrected chi connectivity index (χ1v) is 10.1. The predicted molar refractivity (Wildman–Crippen MR) is 119 cm³/mol. The maximum absolute atomic E-state index is 14.5. The molecule has 0 aliphatic carbocycles. The van der Waals surface area contributed by atoms with E-state index < -0.39 is 11.4 Å². The lowest BCUT2D eigenvalue weighted by atomic mass is 9.89. The van der Waals surface area contributed by atoms with E-state index in [1.165, 1.54) is 23.1 Å². The maximum Gasteiger partial charge on any atom is 0.251 e. The van der Waals surface area contributed by atoms with Crippen molar-refractivity contribution in [3.63, 3.8) is 0 Å². The lowest BCUT2D eigenvalue weighted by Gasteiger charge is -2.35. The molecule has 0 radical (unpaired) electrons. The molecule has 3 N–H and O–H groups in total. The third kappa shape index (κ3) is 4.82. The van der Waals surface area contributed by atoms with Gasteiger partial charge in [-0.05, 0) is 44.5 Å². The molecular weight excluding hydrogens is 395 g/mol. The molecule has 3 rings (SSSR count). The van der Waals surface area contributed by atoms with Gasteiger partial charge in [0.15, 0.2) is 5.96 Å². The van der Waals surface area contributed by atoms with Crippen LogP contribution in [0, 0.1) is 5.82 Å². The van der Waals surface area contributed by atoms with E-state index in [2.05, 4.69) is 16.9 Å². The van der Waals surface area contributed by atoms with Crippen molar-refractivity contribution in [1.29, 1.82) is 0 Å². The number of nitrogens with zero attached hydrogens (tertiary/aromatic N) is 2. The van der Waals surface area contributed by atoms with Crippen molar-refractivity contribution >= 4 is 17.8 Å². The van der Waals surface area contributed by atoms with E-state index in [1.807, 2.05) is 37.3 Å². The van der Waals surface area contributed by atoms with Crippen molar-refractivity contribution in [2.75, 3.05) is 0 Å². The van der Waals surface area contributed by atoms with Crippen LogP contribution < -0.4 is 11.1 Å². The van der Waals surface area contributed by atoms with Crippen LogP contribution in [0.1, 0.15) is 54.7 Å². The number of benzene rings is 2. The average molecular weight is 423 g/mol. The number of nitrogens with two attached hydrogens (primary N) is 1. The van der Waals surface area contributed by atoms with Crippen LogP contribution in [0.15, 0.2) is 65.7 Å². The zero-order valence-corrected chi connectivity index (χ0v) is 18.0. The Hall–Kier alpha value is -3.48. The van der Waals surface area contributed by atoms with Gasteiger partial charge in [0.05, 0.1) is 24.5 Å². The van der Waals surface area contributed by atoms with Crippen molar-refractivity contribution in [3.05, 3.63) is 83.2 Å². The fraction of sp³-hybridized carbons (Fsp3) is 0.292. The highest BCUT2D eigenvalue weighted by molar-refractivity contribution is 5.99. The summed E-state index contributed by atoms with van der Waals surface area (Å²) >= 11 is 0. The number of halogens is 1. The largest absolute Gasteiger partial charge is 0.369 e. The minimum Gasteiger partial charge on any atom is -0.369 e. The van der Waals surface area contributed by atoms with Gasteiger partial charge in [0, 0.05) is 11.1 Å². The van der Waals surface area contributed by atoms with E-state index in [4.69, 9.17) is 5.73 Å². The normalized spacial score (nSPS) is 19.5. The van der Waals surface area contributed by atoms with Gasteiger partial charge in [-0.2, -0.15) is 0 Å². The SMILES string of the molecule is C=C(C)C1(C)CC(=O)N(Cc2cc(C(=O)NC(C)c3ccccc3)ccc2F)C(N)=N1. The summed E-state index contributed by atoms with van der Waals surface area (Å²) in [6.07, 6.45) is 0.0966. The van der Waals surface area contributed by atoms with Gasteiger partial charge in [0.2, 0.25) is 5.91 Å². The fourth-order valence-electron chi connectivity index (χ4n) is 3.40. The van der Waals surface area contributed by atoms with E-state index >= 15 is 0 Å². The maximum atomic E-state index is 14.5. The molecule has 0 saturated carbocycles. The predicted octanol–water partition coefficient (Wildman–Crippen LogP) is 3.70. The van der Waals surface area contributed by atoms with Crippen molar-refractivity contribution in [3.8, 4) is 0 Å². The molecule has 0 fully saturated rings. The Labute approximate surface area is 181 Å². The van der Waals surface area contributed by atoms with E-state index in [1.54, 1.807) is 13.8 Å². The van der Waals surface area contributed by atoms with Crippen LogP contribution in [0.25, 0.3) is 0 Å². The van der Waals surface area contributed by atoms with Gasteiger partial charge in [-0.3, -0.25) is 14.5 Å². The number of carbonyl (C=O) groups is 2. The second-order valence-electron chi connectivity index (χ2n) is 8.09. The number of aliphatic imine (C=N–C) groups is 1. The van der Waals surface area contributed by atoms with Crippen molar-refractivity contribution in [2.24, 2.45) is 10.7 Å². The monoisotopic (exact) mass is 422 g/mol. The number of nitrogens with one attached hydrogen (secondary N) is 1. The highest BCUT2D eigenvalue weighted by Crippen LogP contribution is 2.29. The summed E-state index contributed by atoms with van der Waals surface area (Å²) in [4.78, 5) is 31.0. The molecule has 2 aromatic rings. The number of carbonyl (C=O) groups excluding carboxylic acids is 2. The number of amides is 2. The van der Waals surface area contributed by atoms with E-state index in [9.17, 15) is 14.0 Å². The van der Waals surface area contributed by atoms with Crippen molar-refractivity contribution in [1.82, 2.24) is 10.2 Å². The summed E-state index contributed by atoms with van der Waals surface area (Å²) in [5.74, 6) is -1.13. The standard InChI is InChI=1S/C24H27FN4O2/c1-15(2)24(4)13-21(30)29(23(26)28-24)14-19-12-18(10-11-20(19)25)22(31)27-16(3)17-8-6-5-7-9-17/h5-12,16H,1,13-14H2,2-4H3,(H2,26,28)(H,27,31). The van der Waals surface area contributed by atoms with E-state index in [-0.39, 0.29) is 42.3 Å². The molecule has 7 heteroatoms. The number of hydrogen-bond donors (Lipinski definition) is 2. The second kappa shape index (κ2) is 8.71. The third-order valence-corrected chi connectivity index (χ3v) is 5.64. The smallest absolute Gasteiger partial charge is 0.251 e. The summed E-state index contributed by atoms with van der Waals surface area (Å²) in [7, 11) is 0. The van der Waals surface area contributed by atoms with Crippen LogP contribution in [0.5, 0.6) is 0 Å². The number of guanidine groups is 1. The first-order valence-electron chi connectivity index (χ1n) is 10.1. The molecule has 6 nitrogen and oxygen atoms in total.